The molecule has 1 amide bonds. The molecular formula is C26H39NO3. The van der Waals surface area contributed by atoms with Gasteiger partial charge in [0, 0.05) is 18.0 Å². The van der Waals surface area contributed by atoms with Crippen molar-refractivity contribution in [2.75, 3.05) is 6.54 Å². The summed E-state index contributed by atoms with van der Waals surface area (Å²) in [5, 5.41) is 25.2. The number of aryl methyl sites for hydroxylation is 1. The first-order valence-corrected chi connectivity index (χ1v) is 11.4. The third-order valence-corrected chi connectivity index (χ3v) is 6.06. The molecule has 3 N–H and O–H groups in total. The molecule has 4 nitrogen and oxygen atoms in total. The predicted molar refractivity (Wildman–Crippen MR) is 124 cm³/mol. The zero-order chi connectivity index (χ0) is 22.4. The SMILES string of the molecule is C=C(C)[C@@H]1CCC(C)=C[C@H]1c1c(O)cc(CCCCC)c(C(=O)NCC(C)C)c1O. The van der Waals surface area contributed by atoms with Crippen LogP contribution in [0.1, 0.15) is 94.1 Å². The van der Waals surface area contributed by atoms with Crippen molar-refractivity contribution < 1.29 is 15.0 Å². The number of carbonyl (C=O) groups excluding carboxylic acids is 1. The highest BCUT2D eigenvalue weighted by Gasteiger charge is 2.33. The van der Waals surface area contributed by atoms with E-state index >= 15 is 0 Å². The van der Waals surface area contributed by atoms with Crippen molar-refractivity contribution in [3.63, 3.8) is 0 Å². The second kappa shape index (κ2) is 10.7. The maximum absolute atomic E-state index is 13.1. The fraction of sp³-hybridized carbons (Fsp3) is 0.577. The van der Waals surface area contributed by atoms with E-state index in [-0.39, 0.29) is 29.2 Å². The molecule has 0 aliphatic heterocycles. The largest absolute Gasteiger partial charge is 0.507 e. The molecule has 0 aromatic heterocycles. The maximum Gasteiger partial charge on any atom is 0.255 e. The van der Waals surface area contributed by atoms with Crippen LogP contribution in [-0.2, 0) is 6.42 Å². The van der Waals surface area contributed by atoms with Gasteiger partial charge in [-0.2, -0.15) is 0 Å². The van der Waals surface area contributed by atoms with E-state index in [1.807, 2.05) is 20.8 Å². The van der Waals surface area contributed by atoms with Gasteiger partial charge in [-0.3, -0.25) is 4.79 Å². The first kappa shape index (κ1) is 24.0. The Morgan fingerprint density at radius 1 is 1.30 bits per heavy atom. The van der Waals surface area contributed by atoms with Gasteiger partial charge in [0.2, 0.25) is 0 Å². The van der Waals surface area contributed by atoms with Crippen LogP contribution in [0.4, 0.5) is 0 Å². The van der Waals surface area contributed by atoms with E-state index in [2.05, 4.69) is 31.8 Å². The fourth-order valence-corrected chi connectivity index (χ4v) is 4.36. The molecule has 0 saturated heterocycles. The van der Waals surface area contributed by atoms with E-state index in [0.717, 1.165) is 37.7 Å². The number of carbonyl (C=O) groups is 1. The van der Waals surface area contributed by atoms with Gasteiger partial charge >= 0.3 is 0 Å². The van der Waals surface area contributed by atoms with Crippen LogP contribution in [0.2, 0.25) is 0 Å². The first-order valence-electron chi connectivity index (χ1n) is 11.4. The van der Waals surface area contributed by atoms with E-state index in [0.29, 0.717) is 35.6 Å². The highest BCUT2D eigenvalue weighted by atomic mass is 16.3. The number of amides is 1. The normalized spacial score (nSPS) is 18.9. The number of unbranched alkanes of at least 4 members (excludes halogenated alkanes) is 2. The number of phenols is 2. The number of allylic oxidation sites excluding steroid dienone is 3. The first-order chi connectivity index (χ1) is 14.2. The molecule has 1 aromatic carbocycles. The number of benzene rings is 1. The van der Waals surface area contributed by atoms with Crippen molar-refractivity contribution in [2.45, 2.75) is 79.1 Å². The summed E-state index contributed by atoms with van der Waals surface area (Å²) in [5.41, 5.74) is 3.74. The van der Waals surface area contributed by atoms with E-state index in [4.69, 9.17) is 0 Å². The van der Waals surface area contributed by atoms with Gasteiger partial charge in [0.1, 0.15) is 11.5 Å². The molecule has 0 saturated carbocycles. The molecular weight excluding hydrogens is 374 g/mol. The van der Waals surface area contributed by atoms with Crippen LogP contribution in [0.25, 0.3) is 0 Å². The lowest BCUT2D eigenvalue weighted by molar-refractivity contribution is 0.0945. The Bertz CT molecular complexity index is 807. The molecule has 0 bridgehead atoms. The Balaban J connectivity index is 2.58. The number of hydrogen-bond donors (Lipinski definition) is 3. The van der Waals surface area contributed by atoms with Gasteiger partial charge in [-0.15, -0.1) is 0 Å². The quantitative estimate of drug-likeness (QED) is 0.332. The molecule has 30 heavy (non-hydrogen) atoms. The predicted octanol–water partition coefficient (Wildman–Crippen LogP) is 6.23. The minimum absolute atomic E-state index is 0.0709. The summed E-state index contributed by atoms with van der Waals surface area (Å²) in [7, 11) is 0. The zero-order valence-corrected chi connectivity index (χ0v) is 19.3. The maximum atomic E-state index is 13.1. The van der Waals surface area contributed by atoms with E-state index in [1.54, 1.807) is 6.07 Å². The topological polar surface area (TPSA) is 69.6 Å². The molecule has 2 atom stereocenters. The second-order valence-electron chi connectivity index (χ2n) is 9.28. The Kier molecular flexibility index (Phi) is 8.57. The standard InChI is InChI=1S/C26H39NO3/c1-7-8-9-10-19-14-22(28)24(21-13-18(6)11-12-20(21)17(4)5)25(29)23(19)26(30)27-15-16(2)3/h13-14,16,20-21,28-29H,4,7-12,15H2,1-3,5-6H3,(H,27,30)/t20-,21+/m0/s1. The molecule has 0 unspecified atom stereocenters. The number of phenolic OH excluding ortho intramolecular Hbond substituents is 2. The highest BCUT2D eigenvalue weighted by Crippen LogP contribution is 2.48. The van der Waals surface area contributed by atoms with Gasteiger partial charge in [-0.05, 0) is 63.0 Å². The number of nitrogens with one attached hydrogen (secondary N) is 1. The molecule has 0 radical (unpaired) electrons. The Hall–Kier alpha value is -2.23. The van der Waals surface area contributed by atoms with E-state index in [9.17, 15) is 15.0 Å². The highest BCUT2D eigenvalue weighted by molar-refractivity contribution is 5.99. The van der Waals surface area contributed by atoms with Gasteiger partial charge < -0.3 is 15.5 Å². The molecule has 1 aliphatic carbocycles. The van der Waals surface area contributed by atoms with Gasteiger partial charge in [0.05, 0.1) is 5.56 Å². The molecule has 2 rings (SSSR count). The second-order valence-corrected chi connectivity index (χ2v) is 9.28. The van der Waals surface area contributed by atoms with E-state index in [1.165, 1.54) is 5.57 Å². The van der Waals surface area contributed by atoms with Crippen LogP contribution in [0, 0.1) is 11.8 Å². The summed E-state index contributed by atoms with van der Waals surface area (Å²) < 4.78 is 0. The number of hydrogen-bond acceptors (Lipinski definition) is 3. The van der Waals surface area contributed by atoms with Crippen LogP contribution >= 0.6 is 0 Å². The lowest BCUT2D eigenvalue weighted by atomic mass is 9.73. The lowest BCUT2D eigenvalue weighted by Gasteiger charge is -2.32. The smallest absolute Gasteiger partial charge is 0.255 e. The molecule has 0 fully saturated rings. The van der Waals surface area contributed by atoms with Crippen molar-refractivity contribution in [1.82, 2.24) is 5.32 Å². The molecule has 4 heteroatoms. The third kappa shape index (κ3) is 5.68. The molecule has 1 aliphatic rings. The number of rotatable bonds is 9. The third-order valence-electron chi connectivity index (χ3n) is 6.06. The fourth-order valence-electron chi connectivity index (χ4n) is 4.36. The summed E-state index contributed by atoms with van der Waals surface area (Å²) >= 11 is 0. The van der Waals surface area contributed by atoms with Crippen LogP contribution in [0.15, 0.2) is 29.9 Å². The summed E-state index contributed by atoms with van der Waals surface area (Å²) in [4.78, 5) is 13.1. The average Bonchev–Trinajstić information content (AvgIpc) is 2.66. The van der Waals surface area contributed by atoms with E-state index < -0.39 is 0 Å². The molecule has 1 aromatic rings. The van der Waals surface area contributed by atoms with Crippen LogP contribution in [-0.4, -0.2) is 22.7 Å². The number of aromatic hydroxyl groups is 2. The van der Waals surface area contributed by atoms with Crippen molar-refractivity contribution in [2.24, 2.45) is 11.8 Å². The van der Waals surface area contributed by atoms with Crippen molar-refractivity contribution in [3.05, 3.63) is 46.6 Å². The van der Waals surface area contributed by atoms with Crippen LogP contribution < -0.4 is 5.32 Å². The van der Waals surface area contributed by atoms with Crippen molar-refractivity contribution in [1.29, 1.82) is 0 Å². The summed E-state index contributed by atoms with van der Waals surface area (Å²) in [6, 6.07) is 1.70. The molecule has 166 valence electrons. The molecule has 0 heterocycles. The van der Waals surface area contributed by atoms with Crippen LogP contribution in [0.3, 0.4) is 0 Å². The van der Waals surface area contributed by atoms with Gasteiger partial charge in [0.15, 0.2) is 0 Å². The average molecular weight is 414 g/mol. The summed E-state index contributed by atoms with van der Waals surface area (Å²) in [5.74, 6) is -0.0163. The minimum atomic E-state index is -0.266. The van der Waals surface area contributed by atoms with Gasteiger partial charge in [-0.25, -0.2) is 0 Å². The monoisotopic (exact) mass is 413 g/mol. The Morgan fingerprint density at radius 2 is 2.00 bits per heavy atom. The molecule has 0 spiro atoms. The summed E-state index contributed by atoms with van der Waals surface area (Å²) in [6.07, 6.45) is 7.69. The Morgan fingerprint density at radius 3 is 2.60 bits per heavy atom. The minimum Gasteiger partial charge on any atom is -0.507 e. The van der Waals surface area contributed by atoms with Crippen LogP contribution in [0.5, 0.6) is 11.5 Å². The summed E-state index contributed by atoms with van der Waals surface area (Å²) in [6.45, 7) is 15.0. The van der Waals surface area contributed by atoms with Crippen molar-refractivity contribution in [3.8, 4) is 11.5 Å². The Labute approximate surface area is 182 Å². The van der Waals surface area contributed by atoms with Crippen molar-refractivity contribution >= 4 is 5.91 Å². The van der Waals surface area contributed by atoms with Gasteiger partial charge in [-0.1, -0.05) is 57.4 Å². The van der Waals surface area contributed by atoms with Gasteiger partial charge in [0.25, 0.3) is 5.91 Å². The lowest BCUT2D eigenvalue weighted by Crippen LogP contribution is -2.29. The zero-order valence-electron chi connectivity index (χ0n) is 19.3.